The summed E-state index contributed by atoms with van der Waals surface area (Å²) >= 11 is 0. The van der Waals surface area contributed by atoms with Gasteiger partial charge in [0.05, 0.1) is 0 Å². The third-order valence-corrected chi connectivity index (χ3v) is 2.31. The van der Waals surface area contributed by atoms with Gasteiger partial charge in [-0.15, -0.1) is 0 Å². The molecule has 0 aliphatic carbocycles. The van der Waals surface area contributed by atoms with E-state index in [0.29, 0.717) is 6.54 Å². The molecule has 0 aromatic heterocycles. The van der Waals surface area contributed by atoms with Crippen LogP contribution < -0.4 is 5.73 Å². The average Bonchev–Trinajstić information content (AvgIpc) is 2.19. The first kappa shape index (κ1) is 13.3. The number of hydrogen-bond donors (Lipinski definition) is 3. The Kier molecular flexibility index (Phi) is 6.41. The standard InChI is InChI=1S/C7H9N.C2H7O3P/c8-6-7-4-2-1-3-5-7;1-2-6(3,4)5/h1-5H,6,8H2;2H2,1H3,(H2,3,4,5). The van der Waals surface area contributed by atoms with E-state index in [2.05, 4.69) is 0 Å². The van der Waals surface area contributed by atoms with Crippen molar-refractivity contribution in [3.8, 4) is 0 Å². The highest BCUT2D eigenvalue weighted by Gasteiger charge is 2.05. The van der Waals surface area contributed by atoms with Gasteiger partial charge in [-0.3, -0.25) is 4.57 Å². The second kappa shape index (κ2) is 6.74. The van der Waals surface area contributed by atoms with Crippen LogP contribution in [0.5, 0.6) is 0 Å². The molecule has 0 heterocycles. The SMILES string of the molecule is CCP(=O)(O)O.NCc1ccccc1. The van der Waals surface area contributed by atoms with Crippen molar-refractivity contribution in [3.63, 3.8) is 0 Å². The van der Waals surface area contributed by atoms with Gasteiger partial charge < -0.3 is 15.5 Å². The van der Waals surface area contributed by atoms with Crippen molar-refractivity contribution in [2.75, 3.05) is 6.16 Å². The van der Waals surface area contributed by atoms with Crippen LogP contribution in [0.2, 0.25) is 0 Å². The van der Waals surface area contributed by atoms with Crippen molar-refractivity contribution in [1.29, 1.82) is 0 Å². The molecule has 1 rings (SSSR count). The Hall–Kier alpha value is -0.670. The van der Waals surface area contributed by atoms with E-state index in [1.54, 1.807) is 0 Å². The highest BCUT2D eigenvalue weighted by atomic mass is 31.2. The summed E-state index contributed by atoms with van der Waals surface area (Å²) in [7, 11) is -3.65. The summed E-state index contributed by atoms with van der Waals surface area (Å²) in [5.74, 6) is 0. The van der Waals surface area contributed by atoms with Gasteiger partial charge in [0, 0.05) is 12.7 Å². The first-order chi connectivity index (χ1) is 6.49. The smallest absolute Gasteiger partial charge is 0.325 e. The van der Waals surface area contributed by atoms with Crippen molar-refractivity contribution in [3.05, 3.63) is 35.9 Å². The Morgan fingerprint density at radius 3 is 1.93 bits per heavy atom. The predicted molar refractivity (Wildman–Crippen MR) is 56.9 cm³/mol. The topological polar surface area (TPSA) is 83.5 Å². The maximum Gasteiger partial charge on any atom is 0.325 e. The fraction of sp³-hybridized carbons (Fsp3) is 0.333. The lowest BCUT2D eigenvalue weighted by Gasteiger charge is -1.92. The van der Waals surface area contributed by atoms with Gasteiger partial charge >= 0.3 is 7.60 Å². The van der Waals surface area contributed by atoms with Crippen LogP contribution in [0.4, 0.5) is 0 Å². The van der Waals surface area contributed by atoms with E-state index >= 15 is 0 Å². The van der Waals surface area contributed by atoms with Crippen LogP contribution in [-0.4, -0.2) is 15.9 Å². The van der Waals surface area contributed by atoms with E-state index < -0.39 is 7.60 Å². The lowest BCUT2D eigenvalue weighted by Crippen LogP contribution is -1.94. The molecule has 0 unspecified atom stereocenters. The van der Waals surface area contributed by atoms with Gasteiger partial charge in [0.15, 0.2) is 0 Å². The Balaban J connectivity index is 0.000000255. The molecular weight excluding hydrogens is 201 g/mol. The van der Waals surface area contributed by atoms with E-state index in [1.165, 1.54) is 12.5 Å². The molecule has 0 fully saturated rings. The first-order valence-corrected chi connectivity index (χ1v) is 6.08. The third kappa shape index (κ3) is 7.95. The van der Waals surface area contributed by atoms with Crippen LogP contribution in [-0.2, 0) is 11.1 Å². The van der Waals surface area contributed by atoms with E-state index in [9.17, 15) is 4.57 Å². The third-order valence-electron chi connectivity index (χ3n) is 1.49. The van der Waals surface area contributed by atoms with Crippen molar-refractivity contribution in [2.45, 2.75) is 13.5 Å². The monoisotopic (exact) mass is 217 g/mol. The fourth-order valence-electron chi connectivity index (χ4n) is 0.614. The lowest BCUT2D eigenvalue weighted by atomic mass is 10.2. The zero-order valence-electron chi connectivity index (χ0n) is 8.13. The fourth-order valence-corrected chi connectivity index (χ4v) is 0.614. The molecule has 0 amide bonds. The summed E-state index contributed by atoms with van der Waals surface area (Å²) in [6.07, 6.45) is -0.0625. The molecule has 14 heavy (non-hydrogen) atoms. The molecule has 0 aliphatic rings. The number of rotatable bonds is 2. The predicted octanol–water partition coefficient (Wildman–Crippen LogP) is 1.33. The molecule has 0 bridgehead atoms. The highest BCUT2D eigenvalue weighted by molar-refractivity contribution is 7.51. The largest absolute Gasteiger partial charge is 0.326 e. The summed E-state index contributed by atoms with van der Waals surface area (Å²) in [6.45, 7) is 2.08. The van der Waals surface area contributed by atoms with Crippen LogP contribution in [0.1, 0.15) is 12.5 Å². The molecule has 0 saturated heterocycles. The molecule has 4 nitrogen and oxygen atoms in total. The number of nitrogens with two attached hydrogens (primary N) is 1. The zero-order chi connectivity index (χ0) is 11.0. The molecule has 0 spiro atoms. The Morgan fingerprint density at radius 1 is 1.29 bits per heavy atom. The molecule has 0 saturated carbocycles. The molecule has 80 valence electrons. The van der Waals surface area contributed by atoms with Gasteiger partial charge in [-0.05, 0) is 5.56 Å². The first-order valence-electron chi connectivity index (χ1n) is 4.28. The molecule has 0 atom stereocenters. The Morgan fingerprint density at radius 2 is 1.71 bits per heavy atom. The summed E-state index contributed by atoms with van der Waals surface area (Å²) in [6, 6.07) is 9.99. The van der Waals surface area contributed by atoms with E-state index in [1.807, 2.05) is 30.3 Å². The van der Waals surface area contributed by atoms with E-state index in [-0.39, 0.29) is 6.16 Å². The van der Waals surface area contributed by atoms with Crippen LogP contribution in [0.25, 0.3) is 0 Å². The Labute approximate surface area is 83.9 Å². The molecule has 0 radical (unpaired) electrons. The minimum absolute atomic E-state index is 0.0625. The van der Waals surface area contributed by atoms with Gasteiger partial charge in [-0.25, -0.2) is 0 Å². The lowest BCUT2D eigenvalue weighted by molar-refractivity contribution is 0.375. The van der Waals surface area contributed by atoms with E-state index in [4.69, 9.17) is 15.5 Å². The summed E-state index contributed by atoms with van der Waals surface area (Å²) in [5, 5.41) is 0. The maximum atomic E-state index is 9.69. The van der Waals surface area contributed by atoms with Gasteiger partial charge in [0.2, 0.25) is 0 Å². The summed E-state index contributed by atoms with van der Waals surface area (Å²) in [5.41, 5.74) is 6.54. The van der Waals surface area contributed by atoms with Crippen LogP contribution in [0, 0.1) is 0 Å². The molecule has 1 aromatic carbocycles. The molecule has 5 heteroatoms. The number of hydrogen-bond acceptors (Lipinski definition) is 2. The number of benzene rings is 1. The average molecular weight is 217 g/mol. The minimum Gasteiger partial charge on any atom is -0.326 e. The van der Waals surface area contributed by atoms with E-state index in [0.717, 1.165) is 0 Å². The van der Waals surface area contributed by atoms with Crippen molar-refractivity contribution < 1.29 is 14.4 Å². The van der Waals surface area contributed by atoms with Crippen LogP contribution in [0.15, 0.2) is 30.3 Å². The van der Waals surface area contributed by atoms with Crippen molar-refractivity contribution in [1.82, 2.24) is 0 Å². The van der Waals surface area contributed by atoms with Crippen LogP contribution in [0.3, 0.4) is 0 Å². The normalized spacial score (nSPS) is 10.3. The molecule has 1 aromatic rings. The molecule has 4 N–H and O–H groups in total. The minimum atomic E-state index is -3.65. The highest BCUT2D eigenvalue weighted by Crippen LogP contribution is 2.32. The van der Waals surface area contributed by atoms with Crippen molar-refractivity contribution in [2.24, 2.45) is 5.73 Å². The van der Waals surface area contributed by atoms with Gasteiger partial charge in [0.25, 0.3) is 0 Å². The van der Waals surface area contributed by atoms with Crippen LogP contribution >= 0.6 is 7.60 Å². The molecule has 0 aliphatic heterocycles. The second-order valence-corrected chi connectivity index (χ2v) is 4.63. The zero-order valence-corrected chi connectivity index (χ0v) is 9.02. The Bertz CT molecular complexity index is 283. The van der Waals surface area contributed by atoms with Gasteiger partial charge in [0.1, 0.15) is 0 Å². The molecular formula is C9H16NO3P. The maximum absolute atomic E-state index is 9.69. The summed E-state index contributed by atoms with van der Waals surface area (Å²) in [4.78, 5) is 15.9. The van der Waals surface area contributed by atoms with Crippen molar-refractivity contribution >= 4 is 7.60 Å². The van der Waals surface area contributed by atoms with Gasteiger partial charge in [-0.1, -0.05) is 37.3 Å². The van der Waals surface area contributed by atoms with Gasteiger partial charge in [-0.2, -0.15) is 0 Å². The quantitative estimate of drug-likeness (QED) is 0.652. The summed E-state index contributed by atoms with van der Waals surface area (Å²) < 4.78 is 9.69. The second-order valence-electron chi connectivity index (χ2n) is 2.67.